The van der Waals surface area contributed by atoms with Gasteiger partial charge in [0.15, 0.2) is 17.5 Å². The van der Waals surface area contributed by atoms with E-state index in [4.69, 9.17) is 5.73 Å². The molecule has 2 aliphatic rings. The lowest BCUT2D eigenvalue weighted by atomic mass is 9.97. The molecule has 3 N–H and O–H groups in total. The van der Waals surface area contributed by atoms with E-state index in [0.717, 1.165) is 6.20 Å². The first-order chi connectivity index (χ1) is 13.2. The van der Waals surface area contributed by atoms with Gasteiger partial charge < -0.3 is 20.3 Å². The lowest BCUT2D eigenvalue weighted by molar-refractivity contribution is 0.0694. The van der Waals surface area contributed by atoms with Crippen molar-refractivity contribution in [3.05, 3.63) is 39.4 Å². The van der Waals surface area contributed by atoms with E-state index in [9.17, 15) is 23.5 Å². The molecule has 2 aromatic rings. The Bertz CT molecular complexity index is 1060. The number of carbonyl (C=O) groups is 1. The maximum absolute atomic E-state index is 15.5. The number of fused-ring (bicyclic) bond motifs is 1. The van der Waals surface area contributed by atoms with Crippen molar-refractivity contribution in [1.29, 1.82) is 0 Å². The monoisotopic (exact) mass is 395 g/mol. The topological polar surface area (TPSA) is 88.6 Å². The van der Waals surface area contributed by atoms with Crippen LogP contribution in [0.3, 0.4) is 0 Å². The average molecular weight is 395 g/mol. The predicted octanol–water partition coefficient (Wildman–Crippen LogP) is 2.77. The molecule has 1 aliphatic heterocycles. The first kappa shape index (κ1) is 18.8. The van der Waals surface area contributed by atoms with Crippen LogP contribution in [-0.4, -0.2) is 34.3 Å². The quantitative estimate of drug-likeness (QED) is 0.778. The van der Waals surface area contributed by atoms with Crippen molar-refractivity contribution in [2.45, 2.75) is 44.2 Å². The van der Waals surface area contributed by atoms with Crippen molar-refractivity contribution >= 4 is 22.6 Å². The number of nitrogens with zero attached hydrogens (tertiary/aromatic N) is 2. The molecule has 0 radical (unpaired) electrons. The van der Waals surface area contributed by atoms with E-state index in [1.807, 2.05) is 6.92 Å². The lowest BCUT2D eigenvalue weighted by Crippen LogP contribution is -2.42. The SMILES string of the molecule is CCC1(N)CCN(c2c(F)c(F)c3c(=O)c(C(=O)O)cn(C4CC4)c3c2F)C1. The van der Waals surface area contributed by atoms with Crippen LogP contribution in [0.5, 0.6) is 0 Å². The highest BCUT2D eigenvalue weighted by molar-refractivity contribution is 5.94. The molecular formula is C19H20F3N3O3. The Balaban J connectivity index is 2.03. The van der Waals surface area contributed by atoms with Crippen LogP contribution in [0.15, 0.2) is 11.0 Å². The molecule has 0 bridgehead atoms. The summed E-state index contributed by atoms with van der Waals surface area (Å²) in [4.78, 5) is 25.2. The third-order valence-electron chi connectivity index (χ3n) is 5.85. The van der Waals surface area contributed by atoms with E-state index in [1.54, 1.807) is 0 Å². The van der Waals surface area contributed by atoms with E-state index in [0.29, 0.717) is 25.7 Å². The van der Waals surface area contributed by atoms with Crippen molar-refractivity contribution in [3.8, 4) is 0 Å². The van der Waals surface area contributed by atoms with Crippen LogP contribution in [0.2, 0.25) is 0 Å². The minimum atomic E-state index is -1.57. The number of rotatable bonds is 4. The van der Waals surface area contributed by atoms with Gasteiger partial charge in [0.05, 0.1) is 10.9 Å². The molecule has 1 saturated heterocycles. The Morgan fingerprint density at radius 3 is 2.50 bits per heavy atom. The second kappa shape index (κ2) is 6.23. The van der Waals surface area contributed by atoms with E-state index >= 15 is 4.39 Å². The van der Waals surface area contributed by atoms with Gasteiger partial charge in [0.25, 0.3) is 0 Å². The summed E-state index contributed by atoms with van der Waals surface area (Å²) in [6.45, 7) is 2.28. The molecule has 9 heteroatoms. The van der Waals surface area contributed by atoms with Gasteiger partial charge >= 0.3 is 5.97 Å². The Kier molecular flexibility index (Phi) is 4.18. The Morgan fingerprint density at radius 2 is 1.96 bits per heavy atom. The fourth-order valence-corrected chi connectivity index (χ4v) is 3.93. The number of aromatic nitrogens is 1. The van der Waals surface area contributed by atoms with E-state index < -0.39 is 56.5 Å². The van der Waals surface area contributed by atoms with Crippen molar-refractivity contribution in [2.24, 2.45) is 5.73 Å². The second-order valence-corrected chi connectivity index (χ2v) is 7.72. The van der Waals surface area contributed by atoms with Gasteiger partial charge in [-0.3, -0.25) is 4.79 Å². The number of carboxylic acid groups (broad SMARTS) is 1. The number of halogens is 3. The van der Waals surface area contributed by atoms with E-state index in [1.165, 1.54) is 9.47 Å². The minimum absolute atomic E-state index is 0.156. The average Bonchev–Trinajstić information content (AvgIpc) is 3.42. The standard InChI is InChI=1S/C19H20F3N3O3/c1-2-19(23)5-6-24(8-19)16-13(21)12(20)11-15(14(16)22)25(9-3-4-9)7-10(17(11)26)18(27)28/h7,9H,2-6,8,23H2,1H3,(H,27,28). The number of nitrogens with two attached hydrogens (primary N) is 1. The molecule has 0 amide bonds. The first-order valence-electron chi connectivity index (χ1n) is 9.21. The molecular weight excluding hydrogens is 375 g/mol. The van der Waals surface area contributed by atoms with E-state index in [2.05, 4.69) is 0 Å². The third-order valence-corrected chi connectivity index (χ3v) is 5.85. The summed E-state index contributed by atoms with van der Waals surface area (Å²) < 4.78 is 46.5. The van der Waals surface area contributed by atoms with Gasteiger partial charge in [0.2, 0.25) is 5.43 Å². The number of hydrogen-bond donors (Lipinski definition) is 2. The minimum Gasteiger partial charge on any atom is -0.477 e. The highest BCUT2D eigenvalue weighted by Gasteiger charge is 2.38. The van der Waals surface area contributed by atoms with Crippen molar-refractivity contribution in [1.82, 2.24) is 4.57 Å². The highest BCUT2D eigenvalue weighted by Crippen LogP contribution is 2.41. The molecule has 1 saturated carbocycles. The molecule has 1 aromatic heterocycles. The van der Waals surface area contributed by atoms with Crippen LogP contribution in [0, 0.1) is 17.5 Å². The molecule has 1 aromatic carbocycles. The maximum Gasteiger partial charge on any atom is 0.341 e. The summed E-state index contributed by atoms with van der Waals surface area (Å²) in [5.41, 5.74) is 2.68. The molecule has 4 rings (SSSR count). The number of carboxylic acids is 1. The van der Waals surface area contributed by atoms with Crippen LogP contribution in [0.1, 0.15) is 49.0 Å². The fourth-order valence-electron chi connectivity index (χ4n) is 3.93. The van der Waals surface area contributed by atoms with Crippen LogP contribution in [0.4, 0.5) is 18.9 Å². The van der Waals surface area contributed by atoms with Crippen LogP contribution in [0.25, 0.3) is 10.9 Å². The van der Waals surface area contributed by atoms with Crippen LogP contribution >= 0.6 is 0 Å². The maximum atomic E-state index is 15.5. The van der Waals surface area contributed by atoms with Gasteiger partial charge in [0.1, 0.15) is 11.3 Å². The van der Waals surface area contributed by atoms with Crippen molar-refractivity contribution < 1.29 is 23.1 Å². The zero-order valence-electron chi connectivity index (χ0n) is 15.3. The summed E-state index contributed by atoms with van der Waals surface area (Å²) in [5, 5.41) is 8.39. The summed E-state index contributed by atoms with van der Waals surface area (Å²) in [5.74, 6) is -5.65. The number of aromatic carboxylic acids is 1. The molecule has 1 atom stereocenters. The second-order valence-electron chi connectivity index (χ2n) is 7.72. The molecule has 150 valence electrons. The summed E-state index contributed by atoms with van der Waals surface area (Å²) in [6.07, 6.45) is 3.39. The van der Waals surface area contributed by atoms with Crippen LogP contribution in [-0.2, 0) is 0 Å². The predicted molar refractivity (Wildman–Crippen MR) is 97.4 cm³/mol. The first-order valence-corrected chi connectivity index (χ1v) is 9.21. The van der Waals surface area contributed by atoms with Gasteiger partial charge in [-0.25, -0.2) is 18.0 Å². The zero-order valence-corrected chi connectivity index (χ0v) is 15.3. The Hall–Kier alpha value is -2.55. The largest absolute Gasteiger partial charge is 0.477 e. The molecule has 1 aliphatic carbocycles. The Labute approximate surface area is 158 Å². The number of benzene rings is 1. The molecule has 2 fully saturated rings. The smallest absolute Gasteiger partial charge is 0.341 e. The summed E-state index contributed by atoms with van der Waals surface area (Å²) in [6, 6.07) is -0.253. The molecule has 28 heavy (non-hydrogen) atoms. The summed E-state index contributed by atoms with van der Waals surface area (Å²) >= 11 is 0. The Morgan fingerprint density at radius 1 is 1.29 bits per heavy atom. The molecule has 6 nitrogen and oxygen atoms in total. The molecule has 0 spiro atoms. The number of anilines is 1. The number of pyridine rings is 1. The third kappa shape index (κ3) is 2.68. The van der Waals surface area contributed by atoms with Gasteiger partial charge in [-0.05, 0) is 25.7 Å². The van der Waals surface area contributed by atoms with Gasteiger partial charge in [0, 0.05) is 30.9 Å². The van der Waals surface area contributed by atoms with Gasteiger partial charge in [-0.1, -0.05) is 6.92 Å². The molecule has 2 heterocycles. The van der Waals surface area contributed by atoms with Crippen molar-refractivity contribution in [3.63, 3.8) is 0 Å². The van der Waals surface area contributed by atoms with Gasteiger partial charge in [-0.15, -0.1) is 0 Å². The van der Waals surface area contributed by atoms with E-state index in [-0.39, 0.29) is 19.1 Å². The van der Waals surface area contributed by atoms with Gasteiger partial charge in [-0.2, -0.15) is 0 Å². The molecule has 1 unspecified atom stereocenters. The van der Waals surface area contributed by atoms with Crippen LogP contribution < -0.4 is 16.1 Å². The summed E-state index contributed by atoms with van der Waals surface area (Å²) in [7, 11) is 0. The van der Waals surface area contributed by atoms with Crippen molar-refractivity contribution in [2.75, 3.05) is 18.0 Å². The lowest BCUT2D eigenvalue weighted by Gasteiger charge is -2.26. The zero-order chi connectivity index (χ0) is 20.4. The number of hydrogen-bond acceptors (Lipinski definition) is 4. The normalized spacial score (nSPS) is 22.2. The fraction of sp³-hybridized carbons (Fsp3) is 0.474. The highest BCUT2D eigenvalue weighted by atomic mass is 19.2.